The van der Waals surface area contributed by atoms with E-state index >= 15 is 0 Å². The van der Waals surface area contributed by atoms with Gasteiger partial charge >= 0.3 is 0 Å². The number of nitriles is 1. The van der Waals surface area contributed by atoms with E-state index in [-0.39, 0.29) is 52.8 Å². The maximum atomic E-state index is 13.8. The largest absolute Gasteiger partial charge is 0.326 e. The van der Waals surface area contributed by atoms with Crippen LogP contribution in [0.2, 0.25) is 5.15 Å². The van der Waals surface area contributed by atoms with Crippen LogP contribution in [0.3, 0.4) is 0 Å². The predicted octanol–water partition coefficient (Wildman–Crippen LogP) is 3.63. The van der Waals surface area contributed by atoms with Crippen LogP contribution in [-0.2, 0) is 16.1 Å². The van der Waals surface area contributed by atoms with E-state index in [1.54, 1.807) is 41.6 Å². The van der Waals surface area contributed by atoms with E-state index in [2.05, 4.69) is 25.4 Å². The number of hydrogen-bond donors (Lipinski definition) is 1. The zero-order valence-corrected chi connectivity index (χ0v) is 22.2. The fourth-order valence-corrected chi connectivity index (χ4v) is 6.00. The molecule has 12 heteroatoms. The molecule has 1 saturated carbocycles. The average molecular weight is 555 g/mol. The number of piperidine rings is 1. The van der Waals surface area contributed by atoms with E-state index in [1.165, 1.54) is 11.6 Å². The number of amides is 2. The molecule has 2 amide bonds. The first-order valence-corrected chi connectivity index (χ1v) is 13.2. The molecule has 2 fully saturated rings. The van der Waals surface area contributed by atoms with Crippen LogP contribution < -0.4 is 5.32 Å². The summed E-state index contributed by atoms with van der Waals surface area (Å²) >= 11 is 5.98. The molecular formula is C28H23ClN8O3. The van der Waals surface area contributed by atoms with Gasteiger partial charge in [-0.05, 0) is 55.0 Å². The third kappa shape index (κ3) is 4.56. The van der Waals surface area contributed by atoms with Gasteiger partial charge in [0.25, 0.3) is 0 Å². The summed E-state index contributed by atoms with van der Waals surface area (Å²) in [5, 5.41) is 17.2. The lowest BCUT2D eigenvalue weighted by Crippen LogP contribution is -2.52. The molecule has 4 heterocycles. The van der Waals surface area contributed by atoms with Gasteiger partial charge in [0.2, 0.25) is 17.6 Å². The van der Waals surface area contributed by atoms with Gasteiger partial charge < -0.3 is 10.2 Å². The van der Waals surface area contributed by atoms with Gasteiger partial charge in [0.05, 0.1) is 5.52 Å². The molecule has 1 aliphatic carbocycles. The Balaban J connectivity index is 1.31. The lowest BCUT2D eigenvalue weighted by molar-refractivity contribution is -0.141. The minimum atomic E-state index is -0.632. The summed E-state index contributed by atoms with van der Waals surface area (Å²) in [6.45, 7) is 1.29. The number of nitrogens with zero attached hydrogens (tertiary/aromatic N) is 7. The predicted molar refractivity (Wildman–Crippen MR) is 145 cm³/mol. The van der Waals surface area contributed by atoms with Crippen molar-refractivity contribution in [1.82, 2.24) is 29.6 Å². The molecule has 6 rings (SSSR count). The fraction of sp³-hybridized carbons (Fsp3) is 0.286. The van der Waals surface area contributed by atoms with E-state index < -0.39 is 6.04 Å². The third-order valence-electron chi connectivity index (χ3n) is 7.56. The second-order valence-electron chi connectivity index (χ2n) is 10.0. The number of benzene rings is 1. The van der Waals surface area contributed by atoms with Crippen LogP contribution in [0.15, 0.2) is 48.8 Å². The molecule has 2 aliphatic rings. The highest BCUT2D eigenvalue weighted by molar-refractivity contribution is 6.29. The molecule has 0 radical (unpaired) electrons. The molecule has 1 saturated heterocycles. The molecule has 11 nitrogen and oxygen atoms in total. The number of fused-ring (bicyclic) bond motifs is 3. The molecule has 1 N–H and O–H groups in total. The van der Waals surface area contributed by atoms with Crippen LogP contribution in [0.25, 0.3) is 22.0 Å². The van der Waals surface area contributed by atoms with Gasteiger partial charge in [-0.25, -0.2) is 15.0 Å². The lowest BCUT2D eigenvalue weighted by atomic mass is 9.97. The summed E-state index contributed by atoms with van der Waals surface area (Å²) in [7, 11) is 0. The number of likely N-dealkylation sites (tertiary alicyclic amines) is 1. The maximum absolute atomic E-state index is 13.8. The van der Waals surface area contributed by atoms with Crippen LogP contribution in [0, 0.1) is 17.2 Å². The normalized spacial score (nSPS) is 19.5. The number of pyridine rings is 1. The minimum absolute atomic E-state index is 0.0407. The first kappa shape index (κ1) is 25.6. The van der Waals surface area contributed by atoms with E-state index in [0.29, 0.717) is 22.3 Å². The van der Waals surface area contributed by atoms with Gasteiger partial charge in [0, 0.05) is 36.3 Å². The molecule has 2 bridgehead atoms. The highest BCUT2D eigenvalue weighted by Gasteiger charge is 2.51. The van der Waals surface area contributed by atoms with Crippen molar-refractivity contribution >= 4 is 45.9 Å². The van der Waals surface area contributed by atoms with Crippen LogP contribution in [0.5, 0.6) is 0 Å². The second kappa shape index (κ2) is 10.1. The van der Waals surface area contributed by atoms with Crippen molar-refractivity contribution in [2.45, 2.75) is 44.8 Å². The van der Waals surface area contributed by atoms with Crippen molar-refractivity contribution in [3.05, 3.63) is 65.5 Å². The summed E-state index contributed by atoms with van der Waals surface area (Å²) in [6.07, 6.45) is 5.54. The molecule has 40 heavy (non-hydrogen) atoms. The Hall–Kier alpha value is -4.69. The van der Waals surface area contributed by atoms with Crippen LogP contribution in [-0.4, -0.2) is 59.3 Å². The van der Waals surface area contributed by atoms with Crippen molar-refractivity contribution in [1.29, 1.82) is 5.26 Å². The first-order valence-electron chi connectivity index (χ1n) is 12.8. The Morgan fingerprint density at radius 3 is 2.65 bits per heavy atom. The number of rotatable bonds is 6. The summed E-state index contributed by atoms with van der Waals surface area (Å²) in [4.78, 5) is 53.4. The number of Topliss-reactive ketones (excluding diaryl/α,β-unsaturated/α-hetero) is 1. The third-order valence-corrected chi connectivity index (χ3v) is 7.77. The van der Waals surface area contributed by atoms with Gasteiger partial charge in [-0.1, -0.05) is 23.7 Å². The lowest BCUT2D eigenvalue weighted by Gasteiger charge is -2.34. The Kier molecular flexibility index (Phi) is 6.48. The standard InChI is InChI=1S/C28H23ClN8O3/c1-15(38)26-20-8-6-16(18-12-31-24(11-30)32-13-18)10-21(20)36(35-26)14-25(39)37-19-7-5-17(9-19)27(37)28(40)34-23-4-2-3-22(29)33-23/h2-4,6,8,10,12-13,17,19,27H,5,7,9,14H2,1H3,(H,33,34,40)/t17-,19+,27-/m0/s1. The average Bonchev–Trinajstić information content (AvgIpc) is 3.66. The number of carbonyl (C=O) groups is 3. The number of hydrogen-bond acceptors (Lipinski definition) is 8. The zero-order chi connectivity index (χ0) is 28.0. The number of aromatic nitrogens is 5. The van der Waals surface area contributed by atoms with E-state index in [9.17, 15) is 14.4 Å². The fourth-order valence-electron chi connectivity index (χ4n) is 5.84. The summed E-state index contributed by atoms with van der Waals surface area (Å²) in [5.74, 6) is -0.332. The number of carbonyl (C=O) groups excluding carboxylic acids is 3. The second-order valence-corrected chi connectivity index (χ2v) is 10.4. The van der Waals surface area contributed by atoms with Crippen molar-refractivity contribution in [3.8, 4) is 17.2 Å². The number of anilines is 1. The van der Waals surface area contributed by atoms with Gasteiger partial charge in [-0.2, -0.15) is 10.4 Å². The molecule has 0 spiro atoms. The van der Waals surface area contributed by atoms with Gasteiger partial charge in [-0.3, -0.25) is 19.1 Å². The van der Waals surface area contributed by atoms with E-state index in [0.717, 1.165) is 24.8 Å². The minimum Gasteiger partial charge on any atom is -0.326 e. The molecule has 3 aromatic heterocycles. The van der Waals surface area contributed by atoms with Crippen LogP contribution in [0.1, 0.15) is 42.5 Å². The highest BCUT2D eigenvalue weighted by Crippen LogP contribution is 2.43. The zero-order valence-electron chi connectivity index (χ0n) is 21.4. The summed E-state index contributed by atoms with van der Waals surface area (Å²) in [6, 6.07) is 11.6. The first-order chi connectivity index (χ1) is 19.3. The summed E-state index contributed by atoms with van der Waals surface area (Å²) < 4.78 is 1.52. The SMILES string of the molecule is CC(=O)c1nn(CC(=O)N2[C@@H]3CC[C@@H](C3)[C@H]2C(=O)Nc2cccc(Cl)n2)c2cc(-c3cnc(C#N)nc3)ccc12. The molecular weight excluding hydrogens is 532 g/mol. The maximum Gasteiger partial charge on any atom is 0.248 e. The quantitative estimate of drug-likeness (QED) is 0.281. The van der Waals surface area contributed by atoms with Crippen LogP contribution in [0.4, 0.5) is 5.82 Å². The van der Waals surface area contributed by atoms with Gasteiger partial charge in [-0.15, -0.1) is 0 Å². The van der Waals surface area contributed by atoms with Gasteiger partial charge in [0.1, 0.15) is 35.3 Å². The number of ketones is 1. The molecule has 3 atom stereocenters. The van der Waals surface area contributed by atoms with Crippen molar-refractivity contribution in [3.63, 3.8) is 0 Å². The molecule has 1 aliphatic heterocycles. The van der Waals surface area contributed by atoms with E-state index in [4.69, 9.17) is 16.9 Å². The highest BCUT2D eigenvalue weighted by atomic mass is 35.5. The Morgan fingerprint density at radius 1 is 1.12 bits per heavy atom. The smallest absolute Gasteiger partial charge is 0.248 e. The van der Waals surface area contributed by atoms with Crippen molar-refractivity contribution in [2.24, 2.45) is 5.92 Å². The molecule has 200 valence electrons. The molecule has 4 aromatic rings. The Morgan fingerprint density at radius 2 is 1.93 bits per heavy atom. The van der Waals surface area contributed by atoms with Crippen molar-refractivity contribution < 1.29 is 14.4 Å². The Labute approximate surface area is 233 Å². The summed E-state index contributed by atoms with van der Waals surface area (Å²) in [5.41, 5.74) is 2.27. The Bertz CT molecular complexity index is 1710. The number of halogens is 1. The molecule has 1 aromatic carbocycles. The topological polar surface area (TPSA) is 147 Å². The number of nitrogens with one attached hydrogen (secondary N) is 1. The van der Waals surface area contributed by atoms with Crippen molar-refractivity contribution in [2.75, 3.05) is 5.32 Å². The van der Waals surface area contributed by atoms with Crippen LogP contribution >= 0.6 is 11.6 Å². The van der Waals surface area contributed by atoms with Gasteiger partial charge in [0.15, 0.2) is 5.78 Å². The van der Waals surface area contributed by atoms with E-state index in [1.807, 2.05) is 18.2 Å². The monoisotopic (exact) mass is 554 g/mol. The molecule has 0 unspecified atom stereocenters.